The van der Waals surface area contributed by atoms with Gasteiger partial charge in [0.2, 0.25) is 5.12 Å². The first-order chi connectivity index (χ1) is 5.20. The normalized spacial score (nSPS) is 27.1. The molecular weight excluding hydrogens is 162 g/mol. The molecule has 2 N–H and O–H groups in total. The standard InChI is InChI=1S/C7H6ClN3/c8-7(9)5-3-1-2-4-6(5)10-11-7/h1-4H,9H2. The van der Waals surface area contributed by atoms with Crippen molar-refractivity contribution < 1.29 is 0 Å². The highest BCUT2D eigenvalue weighted by atomic mass is 35.5. The fourth-order valence-electron chi connectivity index (χ4n) is 1.04. The lowest BCUT2D eigenvalue weighted by atomic mass is 10.1. The lowest BCUT2D eigenvalue weighted by molar-refractivity contribution is 0.678. The van der Waals surface area contributed by atoms with Gasteiger partial charge < -0.3 is 0 Å². The Kier molecular flexibility index (Phi) is 1.25. The van der Waals surface area contributed by atoms with E-state index >= 15 is 0 Å². The Balaban J connectivity index is 2.64. The van der Waals surface area contributed by atoms with Gasteiger partial charge in [-0.05, 0) is 6.07 Å². The summed E-state index contributed by atoms with van der Waals surface area (Å²) in [7, 11) is 0. The molecule has 1 atom stereocenters. The maximum Gasteiger partial charge on any atom is 0.232 e. The highest BCUT2D eigenvalue weighted by Gasteiger charge is 2.30. The molecule has 4 heteroatoms. The van der Waals surface area contributed by atoms with Gasteiger partial charge in [0.1, 0.15) is 0 Å². The predicted octanol–water partition coefficient (Wildman–Crippen LogP) is 2.09. The number of hydrogen-bond acceptors (Lipinski definition) is 3. The van der Waals surface area contributed by atoms with E-state index in [2.05, 4.69) is 10.2 Å². The summed E-state index contributed by atoms with van der Waals surface area (Å²) in [6, 6.07) is 7.38. The van der Waals surface area contributed by atoms with E-state index in [-0.39, 0.29) is 0 Å². The van der Waals surface area contributed by atoms with Crippen molar-refractivity contribution in [1.29, 1.82) is 0 Å². The Morgan fingerprint density at radius 1 is 1.36 bits per heavy atom. The molecule has 0 aliphatic carbocycles. The minimum atomic E-state index is -1.14. The number of rotatable bonds is 0. The van der Waals surface area contributed by atoms with E-state index < -0.39 is 5.12 Å². The Morgan fingerprint density at radius 3 is 2.82 bits per heavy atom. The van der Waals surface area contributed by atoms with Crippen LogP contribution in [0.25, 0.3) is 0 Å². The summed E-state index contributed by atoms with van der Waals surface area (Å²) < 4.78 is 0. The summed E-state index contributed by atoms with van der Waals surface area (Å²) in [5, 5.41) is 6.38. The molecule has 1 unspecified atom stereocenters. The number of benzene rings is 1. The molecule has 0 bridgehead atoms. The van der Waals surface area contributed by atoms with Gasteiger partial charge in [0.15, 0.2) is 0 Å². The predicted molar refractivity (Wildman–Crippen MR) is 42.7 cm³/mol. The van der Waals surface area contributed by atoms with Crippen LogP contribution < -0.4 is 5.73 Å². The van der Waals surface area contributed by atoms with E-state index in [1.165, 1.54) is 0 Å². The van der Waals surface area contributed by atoms with Crippen LogP contribution in [-0.2, 0) is 5.12 Å². The van der Waals surface area contributed by atoms with Crippen LogP contribution in [0.1, 0.15) is 5.56 Å². The van der Waals surface area contributed by atoms with E-state index in [0.717, 1.165) is 11.3 Å². The van der Waals surface area contributed by atoms with Gasteiger partial charge in [0.05, 0.1) is 5.69 Å². The van der Waals surface area contributed by atoms with E-state index in [4.69, 9.17) is 17.3 Å². The zero-order chi connectivity index (χ0) is 7.90. The van der Waals surface area contributed by atoms with Crippen LogP contribution in [0.4, 0.5) is 5.69 Å². The third kappa shape index (κ3) is 0.931. The van der Waals surface area contributed by atoms with Crippen LogP contribution in [0.5, 0.6) is 0 Å². The summed E-state index contributed by atoms with van der Waals surface area (Å²) in [6.07, 6.45) is 0. The molecule has 0 saturated heterocycles. The van der Waals surface area contributed by atoms with Crippen LogP contribution in [0.2, 0.25) is 0 Å². The van der Waals surface area contributed by atoms with Gasteiger partial charge in [0, 0.05) is 5.56 Å². The molecule has 0 amide bonds. The van der Waals surface area contributed by atoms with E-state index in [1.807, 2.05) is 24.3 Å². The molecule has 1 aliphatic heterocycles. The number of nitrogens with zero attached hydrogens (tertiary/aromatic N) is 2. The molecule has 0 fully saturated rings. The molecule has 1 heterocycles. The van der Waals surface area contributed by atoms with E-state index in [9.17, 15) is 0 Å². The summed E-state index contributed by atoms with van der Waals surface area (Å²) in [5.41, 5.74) is 7.11. The second kappa shape index (κ2) is 2.03. The smallest absolute Gasteiger partial charge is 0.232 e. The lowest BCUT2D eigenvalue weighted by Gasteiger charge is -2.09. The number of hydrogen-bond donors (Lipinski definition) is 1. The number of alkyl halides is 1. The maximum atomic E-state index is 5.82. The van der Waals surface area contributed by atoms with Crippen LogP contribution in [0.3, 0.4) is 0 Å². The number of azo groups is 1. The highest BCUT2D eigenvalue weighted by molar-refractivity contribution is 6.24. The SMILES string of the molecule is NC1(Cl)N=Nc2ccccc21. The fraction of sp³-hybridized carbons (Fsp3) is 0.143. The van der Waals surface area contributed by atoms with Crippen LogP contribution in [-0.4, -0.2) is 0 Å². The summed E-state index contributed by atoms with van der Waals surface area (Å²) in [5.74, 6) is 0. The van der Waals surface area contributed by atoms with Gasteiger partial charge in [-0.3, -0.25) is 5.73 Å². The third-order valence-corrected chi connectivity index (χ3v) is 1.86. The lowest BCUT2D eigenvalue weighted by Crippen LogP contribution is -2.24. The molecule has 2 rings (SSSR count). The van der Waals surface area contributed by atoms with Crippen LogP contribution in [0.15, 0.2) is 34.5 Å². The molecule has 11 heavy (non-hydrogen) atoms. The Hall–Kier alpha value is -0.930. The zero-order valence-corrected chi connectivity index (χ0v) is 6.42. The van der Waals surface area contributed by atoms with Crippen molar-refractivity contribution in [3.05, 3.63) is 29.8 Å². The van der Waals surface area contributed by atoms with Crippen molar-refractivity contribution >= 4 is 17.3 Å². The largest absolute Gasteiger partial charge is 0.289 e. The van der Waals surface area contributed by atoms with Crippen molar-refractivity contribution in [1.82, 2.24) is 0 Å². The molecule has 0 aromatic heterocycles. The number of fused-ring (bicyclic) bond motifs is 1. The highest BCUT2D eigenvalue weighted by Crippen LogP contribution is 2.38. The minimum Gasteiger partial charge on any atom is -0.289 e. The summed E-state index contributed by atoms with van der Waals surface area (Å²) >= 11 is 5.82. The molecule has 1 aromatic rings. The molecule has 56 valence electrons. The van der Waals surface area contributed by atoms with Gasteiger partial charge >= 0.3 is 0 Å². The van der Waals surface area contributed by atoms with Gasteiger partial charge in [-0.15, -0.1) is 5.11 Å². The average molecular weight is 168 g/mol. The van der Waals surface area contributed by atoms with Gasteiger partial charge in [-0.1, -0.05) is 29.8 Å². The average Bonchev–Trinajstić information content (AvgIpc) is 2.29. The zero-order valence-electron chi connectivity index (χ0n) is 5.66. The Bertz CT molecular complexity index is 319. The first-order valence-corrected chi connectivity index (χ1v) is 3.58. The second-order valence-corrected chi connectivity index (χ2v) is 2.97. The van der Waals surface area contributed by atoms with Crippen molar-refractivity contribution in [3.8, 4) is 0 Å². The van der Waals surface area contributed by atoms with E-state index in [0.29, 0.717) is 0 Å². The van der Waals surface area contributed by atoms with Gasteiger partial charge in [0.25, 0.3) is 0 Å². The Labute approximate surface area is 68.9 Å². The molecule has 1 aliphatic rings. The monoisotopic (exact) mass is 167 g/mol. The van der Waals surface area contributed by atoms with Gasteiger partial charge in [-0.25, -0.2) is 0 Å². The molecule has 0 spiro atoms. The minimum absolute atomic E-state index is 0.755. The number of halogens is 1. The first-order valence-electron chi connectivity index (χ1n) is 3.20. The topological polar surface area (TPSA) is 50.7 Å². The molecule has 0 saturated carbocycles. The van der Waals surface area contributed by atoms with E-state index in [1.54, 1.807) is 0 Å². The molecule has 1 aromatic carbocycles. The quantitative estimate of drug-likeness (QED) is 0.467. The first kappa shape index (κ1) is 6.76. The fourth-order valence-corrected chi connectivity index (χ4v) is 1.24. The molecule has 0 radical (unpaired) electrons. The third-order valence-electron chi connectivity index (χ3n) is 1.59. The van der Waals surface area contributed by atoms with Crippen LogP contribution in [0, 0.1) is 0 Å². The van der Waals surface area contributed by atoms with Crippen molar-refractivity contribution in [2.75, 3.05) is 0 Å². The molecule has 3 nitrogen and oxygen atoms in total. The van der Waals surface area contributed by atoms with Crippen molar-refractivity contribution in [2.24, 2.45) is 16.0 Å². The summed E-state index contributed by atoms with van der Waals surface area (Å²) in [4.78, 5) is 0. The maximum absolute atomic E-state index is 5.82. The second-order valence-electron chi connectivity index (χ2n) is 2.39. The molecular formula is C7H6ClN3. The Morgan fingerprint density at radius 2 is 2.09 bits per heavy atom. The van der Waals surface area contributed by atoms with Gasteiger partial charge in [-0.2, -0.15) is 5.11 Å². The van der Waals surface area contributed by atoms with Crippen LogP contribution >= 0.6 is 11.6 Å². The summed E-state index contributed by atoms with van der Waals surface area (Å²) in [6.45, 7) is 0. The van der Waals surface area contributed by atoms with Crippen molar-refractivity contribution in [2.45, 2.75) is 5.12 Å². The van der Waals surface area contributed by atoms with Crippen molar-refractivity contribution in [3.63, 3.8) is 0 Å². The number of nitrogens with two attached hydrogens (primary N) is 1.